The summed E-state index contributed by atoms with van der Waals surface area (Å²) in [5, 5.41) is 12.9. The largest absolute Gasteiger partial charge is 0.383 e. The van der Waals surface area contributed by atoms with Gasteiger partial charge < -0.3 is 5.32 Å². The summed E-state index contributed by atoms with van der Waals surface area (Å²) < 4.78 is 0. The fourth-order valence-corrected chi connectivity index (χ4v) is 2.62. The van der Waals surface area contributed by atoms with Gasteiger partial charge in [-0.2, -0.15) is 10.2 Å². The van der Waals surface area contributed by atoms with E-state index >= 15 is 0 Å². The van der Waals surface area contributed by atoms with Gasteiger partial charge in [-0.15, -0.1) is 0 Å². The van der Waals surface area contributed by atoms with Gasteiger partial charge in [0.25, 0.3) is 0 Å². The molecule has 102 valence electrons. The van der Waals surface area contributed by atoms with Crippen molar-refractivity contribution in [2.45, 2.75) is 27.7 Å². The second-order valence-corrected chi connectivity index (χ2v) is 5.81. The van der Waals surface area contributed by atoms with Crippen molar-refractivity contribution in [1.82, 2.24) is 10.2 Å². The first-order valence-corrected chi connectivity index (χ1v) is 7.04. The van der Waals surface area contributed by atoms with Gasteiger partial charge in [0.2, 0.25) is 0 Å². The molecule has 0 saturated heterocycles. The smallest absolute Gasteiger partial charge is 0.0950 e. The van der Waals surface area contributed by atoms with Crippen LogP contribution in [0.2, 0.25) is 0 Å². The third-order valence-electron chi connectivity index (χ3n) is 3.79. The Labute approximate surface area is 115 Å². The molecule has 0 fully saturated rings. The SMILES string of the molecule is CC(C)C(CNc1cnnc2ccccc12)C(C)C. The normalized spacial score (nSPS) is 11.7. The zero-order valence-corrected chi connectivity index (χ0v) is 12.2. The summed E-state index contributed by atoms with van der Waals surface area (Å²) in [4.78, 5) is 0. The second-order valence-electron chi connectivity index (χ2n) is 5.81. The lowest BCUT2D eigenvalue weighted by molar-refractivity contribution is 0.304. The Hall–Kier alpha value is -1.64. The molecule has 3 heteroatoms. The first kappa shape index (κ1) is 13.8. The molecule has 0 saturated carbocycles. The molecule has 1 aromatic carbocycles. The standard InChI is InChI=1S/C16H23N3/c1-11(2)14(12(3)4)9-17-16-10-18-19-15-8-6-5-7-13(15)16/h5-8,10-12,14H,9H2,1-4H3,(H,17,19). The van der Waals surface area contributed by atoms with E-state index in [1.165, 1.54) is 0 Å². The van der Waals surface area contributed by atoms with E-state index in [2.05, 4.69) is 49.3 Å². The van der Waals surface area contributed by atoms with Crippen molar-refractivity contribution < 1.29 is 0 Å². The van der Waals surface area contributed by atoms with Gasteiger partial charge in [-0.25, -0.2) is 0 Å². The highest BCUT2D eigenvalue weighted by Gasteiger charge is 2.17. The van der Waals surface area contributed by atoms with E-state index in [9.17, 15) is 0 Å². The number of benzene rings is 1. The number of hydrogen-bond acceptors (Lipinski definition) is 3. The average molecular weight is 257 g/mol. The van der Waals surface area contributed by atoms with Crippen molar-refractivity contribution >= 4 is 16.6 Å². The molecule has 0 amide bonds. The van der Waals surface area contributed by atoms with Crippen LogP contribution in [0.4, 0.5) is 5.69 Å². The molecule has 0 unspecified atom stereocenters. The quantitative estimate of drug-likeness (QED) is 0.880. The van der Waals surface area contributed by atoms with E-state index in [1.54, 1.807) is 0 Å². The molecule has 0 aliphatic carbocycles. The fraction of sp³-hybridized carbons (Fsp3) is 0.500. The van der Waals surface area contributed by atoms with E-state index < -0.39 is 0 Å². The Morgan fingerprint density at radius 1 is 1.05 bits per heavy atom. The van der Waals surface area contributed by atoms with Crippen molar-refractivity contribution in [3.05, 3.63) is 30.5 Å². The third kappa shape index (κ3) is 3.22. The van der Waals surface area contributed by atoms with Gasteiger partial charge in [-0.05, 0) is 23.8 Å². The van der Waals surface area contributed by atoms with Crippen molar-refractivity contribution in [2.24, 2.45) is 17.8 Å². The number of nitrogens with zero attached hydrogens (tertiary/aromatic N) is 2. The minimum Gasteiger partial charge on any atom is -0.383 e. The number of rotatable bonds is 5. The van der Waals surface area contributed by atoms with Gasteiger partial charge in [0.15, 0.2) is 0 Å². The van der Waals surface area contributed by atoms with Gasteiger partial charge in [0, 0.05) is 11.9 Å². The topological polar surface area (TPSA) is 37.8 Å². The molecule has 2 rings (SSSR count). The maximum atomic E-state index is 4.15. The Balaban J connectivity index is 2.17. The highest BCUT2D eigenvalue weighted by Crippen LogP contribution is 2.24. The summed E-state index contributed by atoms with van der Waals surface area (Å²) in [6.45, 7) is 10.1. The highest BCUT2D eigenvalue weighted by molar-refractivity contribution is 5.90. The van der Waals surface area contributed by atoms with Gasteiger partial charge >= 0.3 is 0 Å². The van der Waals surface area contributed by atoms with Crippen LogP contribution in [0.1, 0.15) is 27.7 Å². The van der Waals surface area contributed by atoms with Crippen molar-refractivity contribution in [3.8, 4) is 0 Å². The number of fused-ring (bicyclic) bond motifs is 1. The fourth-order valence-electron chi connectivity index (χ4n) is 2.62. The molecule has 2 aromatic rings. The summed E-state index contributed by atoms with van der Waals surface area (Å²) in [5.41, 5.74) is 2.02. The average Bonchev–Trinajstić information content (AvgIpc) is 2.38. The molecule has 19 heavy (non-hydrogen) atoms. The van der Waals surface area contributed by atoms with Crippen LogP contribution in [0.3, 0.4) is 0 Å². The number of anilines is 1. The van der Waals surface area contributed by atoms with Crippen LogP contribution in [-0.2, 0) is 0 Å². The van der Waals surface area contributed by atoms with E-state index in [-0.39, 0.29) is 0 Å². The van der Waals surface area contributed by atoms with Crippen molar-refractivity contribution in [3.63, 3.8) is 0 Å². The molecule has 0 aliphatic rings. The molecule has 1 heterocycles. The Morgan fingerprint density at radius 3 is 2.42 bits per heavy atom. The molecule has 0 atom stereocenters. The third-order valence-corrected chi connectivity index (χ3v) is 3.79. The molecular weight excluding hydrogens is 234 g/mol. The lowest BCUT2D eigenvalue weighted by Gasteiger charge is -2.25. The maximum absolute atomic E-state index is 4.15. The summed E-state index contributed by atoms with van der Waals surface area (Å²) >= 11 is 0. The molecule has 3 nitrogen and oxygen atoms in total. The number of nitrogens with one attached hydrogen (secondary N) is 1. The van der Waals surface area contributed by atoms with Crippen molar-refractivity contribution in [1.29, 1.82) is 0 Å². The van der Waals surface area contributed by atoms with E-state index in [1.807, 2.05) is 24.4 Å². The predicted molar refractivity (Wildman–Crippen MR) is 81.2 cm³/mol. The highest BCUT2D eigenvalue weighted by atomic mass is 15.1. The first-order valence-electron chi connectivity index (χ1n) is 7.04. The lowest BCUT2D eigenvalue weighted by atomic mass is 9.85. The van der Waals surface area contributed by atoms with E-state index in [4.69, 9.17) is 0 Å². The minimum absolute atomic E-state index is 0.659. The Bertz CT molecular complexity index is 521. The van der Waals surface area contributed by atoms with Crippen LogP contribution >= 0.6 is 0 Å². The van der Waals surface area contributed by atoms with E-state index in [0.29, 0.717) is 17.8 Å². The van der Waals surface area contributed by atoms with Crippen LogP contribution in [-0.4, -0.2) is 16.7 Å². The molecule has 1 N–H and O–H groups in total. The second kappa shape index (κ2) is 6.00. The Morgan fingerprint density at radius 2 is 1.74 bits per heavy atom. The number of aromatic nitrogens is 2. The molecule has 0 bridgehead atoms. The maximum Gasteiger partial charge on any atom is 0.0950 e. The van der Waals surface area contributed by atoms with Crippen LogP contribution in [0.15, 0.2) is 30.5 Å². The van der Waals surface area contributed by atoms with Gasteiger partial charge in [0.1, 0.15) is 0 Å². The zero-order chi connectivity index (χ0) is 13.8. The molecule has 1 aromatic heterocycles. The monoisotopic (exact) mass is 257 g/mol. The van der Waals surface area contributed by atoms with Crippen molar-refractivity contribution in [2.75, 3.05) is 11.9 Å². The molecule has 0 spiro atoms. The predicted octanol–water partition coefficient (Wildman–Crippen LogP) is 3.97. The summed E-state index contributed by atoms with van der Waals surface area (Å²) in [6.07, 6.45) is 1.82. The summed E-state index contributed by atoms with van der Waals surface area (Å²) in [5.74, 6) is 2.01. The van der Waals surface area contributed by atoms with Gasteiger partial charge in [-0.1, -0.05) is 45.9 Å². The lowest BCUT2D eigenvalue weighted by Crippen LogP contribution is -2.24. The zero-order valence-electron chi connectivity index (χ0n) is 12.2. The van der Waals surface area contributed by atoms with Crippen LogP contribution < -0.4 is 5.32 Å². The van der Waals surface area contributed by atoms with Crippen LogP contribution in [0, 0.1) is 17.8 Å². The first-order chi connectivity index (χ1) is 9.09. The summed E-state index contributed by atoms with van der Waals surface area (Å²) in [6, 6.07) is 8.12. The molecule has 0 aliphatic heterocycles. The number of hydrogen-bond donors (Lipinski definition) is 1. The van der Waals surface area contributed by atoms with Crippen LogP contribution in [0.25, 0.3) is 10.9 Å². The minimum atomic E-state index is 0.659. The van der Waals surface area contributed by atoms with E-state index in [0.717, 1.165) is 23.1 Å². The molecular formula is C16H23N3. The van der Waals surface area contributed by atoms with Gasteiger partial charge in [0.05, 0.1) is 17.4 Å². The summed E-state index contributed by atoms with van der Waals surface area (Å²) in [7, 11) is 0. The van der Waals surface area contributed by atoms with Gasteiger partial charge in [-0.3, -0.25) is 0 Å². The Kier molecular flexibility index (Phi) is 4.35. The van der Waals surface area contributed by atoms with Crippen LogP contribution in [0.5, 0.6) is 0 Å². The molecule has 0 radical (unpaired) electrons.